The van der Waals surface area contributed by atoms with Crippen molar-refractivity contribution in [2.24, 2.45) is 0 Å². The summed E-state index contributed by atoms with van der Waals surface area (Å²) in [4.78, 5) is 2.33. The van der Waals surface area contributed by atoms with Crippen LogP contribution in [0.1, 0.15) is 12.5 Å². The Morgan fingerprint density at radius 3 is 2.69 bits per heavy atom. The van der Waals surface area contributed by atoms with Crippen LogP contribution in [-0.2, 0) is 11.2 Å². The first kappa shape index (κ1) is 11.3. The third-order valence-electron chi connectivity index (χ3n) is 3.01. The summed E-state index contributed by atoms with van der Waals surface area (Å²) in [5, 5.41) is 0. The first-order valence-corrected chi connectivity index (χ1v) is 5.85. The van der Waals surface area contributed by atoms with Crippen LogP contribution in [0.15, 0.2) is 18.2 Å². The number of methoxy groups -OCH3 is 1. The monoisotopic (exact) mass is 221 g/mol. The van der Waals surface area contributed by atoms with Gasteiger partial charge >= 0.3 is 0 Å². The van der Waals surface area contributed by atoms with E-state index in [1.165, 1.54) is 11.3 Å². The Kier molecular flexibility index (Phi) is 3.67. The van der Waals surface area contributed by atoms with Gasteiger partial charge in [0, 0.05) is 13.1 Å². The minimum absolute atomic E-state index is 0.805. The molecule has 0 bridgehead atoms. The number of para-hydroxylation sites is 1. The number of anilines is 1. The van der Waals surface area contributed by atoms with Crippen LogP contribution in [0.25, 0.3) is 0 Å². The maximum absolute atomic E-state index is 5.54. The molecule has 1 aromatic rings. The quantitative estimate of drug-likeness (QED) is 0.780. The molecule has 0 atom stereocenters. The van der Waals surface area contributed by atoms with Crippen molar-refractivity contribution in [1.82, 2.24) is 0 Å². The lowest BCUT2D eigenvalue weighted by Gasteiger charge is -2.30. The summed E-state index contributed by atoms with van der Waals surface area (Å²) in [6, 6.07) is 6.36. The Labute approximate surface area is 97.0 Å². The summed E-state index contributed by atoms with van der Waals surface area (Å²) in [5.41, 5.74) is 2.47. The fourth-order valence-corrected chi connectivity index (χ4v) is 2.14. The average molecular weight is 221 g/mol. The zero-order chi connectivity index (χ0) is 11.4. The fourth-order valence-electron chi connectivity index (χ4n) is 2.14. The molecule has 88 valence electrons. The molecule has 2 rings (SSSR count). The van der Waals surface area contributed by atoms with E-state index < -0.39 is 0 Å². The number of rotatable bonds is 3. The minimum atomic E-state index is 0.805. The van der Waals surface area contributed by atoms with E-state index >= 15 is 0 Å². The van der Waals surface area contributed by atoms with Gasteiger partial charge < -0.3 is 14.4 Å². The van der Waals surface area contributed by atoms with Crippen LogP contribution < -0.4 is 9.64 Å². The van der Waals surface area contributed by atoms with Gasteiger partial charge in [-0.25, -0.2) is 0 Å². The Balaban J connectivity index is 2.30. The van der Waals surface area contributed by atoms with Gasteiger partial charge in [0.15, 0.2) is 0 Å². The third-order valence-corrected chi connectivity index (χ3v) is 3.01. The lowest BCUT2D eigenvalue weighted by atomic mass is 10.1. The maximum Gasteiger partial charge on any atom is 0.145 e. The number of nitrogens with zero attached hydrogens (tertiary/aromatic N) is 1. The number of aryl methyl sites for hydroxylation is 1. The molecule has 0 aliphatic carbocycles. The molecule has 1 aliphatic rings. The number of hydrogen-bond acceptors (Lipinski definition) is 3. The van der Waals surface area contributed by atoms with Crippen molar-refractivity contribution in [2.45, 2.75) is 13.3 Å². The SMILES string of the molecule is CCc1cccc(N2CCOCC2)c1OC. The van der Waals surface area contributed by atoms with Crippen LogP contribution in [0.3, 0.4) is 0 Å². The Bertz CT molecular complexity index is 346. The number of ether oxygens (including phenoxy) is 2. The second-order valence-electron chi connectivity index (χ2n) is 3.92. The molecule has 1 aliphatic heterocycles. The molecule has 3 heteroatoms. The molecule has 1 aromatic carbocycles. The van der Waals surface area contributed by atoms with E-state index in [2.05, 4.69) is 30.0 Å². The number of morpholine rings is 1. The van der Waals surface area contributed by atoms with Crippen LogP contribution in [0, 0.1) is 0 Å². The highest BCUT2D eigenvalue weighted by molar-refractivity contribution is 5.62. The van der Waals surface area contributed by atoms with E-state index in [1.54, 1.807) is 7.11 Å². The van der Waals surface area contributed by atoms with Crippen molar-refractivity contribution in [2.75, 3.05) is 38.3 Å². The van der Waals surface area contributed by atoms with E-state index in [1.807, 2.05) is 0 Å². The van der Waals surface area contributed by atoms with Gasteiger partial charge in [-0.1, -0.05) is 19.1 Å². The van der Waals surface area contributed by atoms with Crippen LogP contribution >= 0.6 is 0 Å². The lowest BCUT2D eigenvalue weighted by Crippen LogP contribution is -2.36. The van der Waals surface area contributed by atoms with Crippen LogP contribution in [0.4, 0.5) is 5.69 Å². The van der Waals surface area contributed by atoms with Crippen molar-refractivity contribution < 1.29 is 9.47 Å². The van der Waals surface area contributed by atoms with Crippen molar-refractivity contribution in [3.8, 4) is 5.75 Å². The van der Waals surface area contributed by atoms with E-state index in [9.17, 15) is 0 Å². The van der Waals surface area contributed by atoms with Crippen LogP contribution in [-0.4, -0.2) is 33.4 Å². The summed E-state index contributed by atoms with van der Waals surface area (Å²) in [7, 11) is 1.75. The smallest absolute Gasteiger partial charge is 0.145 e. The van der Waals surface area contributed by atoms with Gasteiger partial charge in [-0.05, 0) is 18.1 Å². The van der Waals surface area contributed by atoms with Gasteiger partial charge in [0.05, 0.1) is 26.0 Å². The topological polar surface area (TPSA) is 21.7 Å². The Hall–Kier alpha value is -1.22. The molecule has 0 spiro atoms. The van der Waals surface area contributed by atoms with Crippen LogP contribution in [0.5, 0.6) is 5.75 Å². The van der Waals surface area contributed by atoms with Gasteiger partial charge in [0.2, 0.25) is 0 Å². The number of hydrogen-bond donors (Lipinski definition) is 0. The first-order chi connectivity index (χ1) is 7.86. The molecule has 0 aromatic heterocycles. The Morgan fingerprint density at radius 1 is 1.31 bits per heavy atom. The largest absolute Gasteiger partial charge is 0.494 e. The second-order valence-corrected chi connectivity index (χ2v) is 3.92. The summed E-state index contributed by atoms with van der Waals surface area (Å²) in [6.45, 7) is 5.66. The molecular formula is C13H19NO2. The maximum atomic E-state index is 5.54. The molecule has 0 radical (unpaired) electrons. The van der Waals surface area contributed by atoms with Gasteiger partial charge in [0.25, 0.3) is 0 Å². The van der Waals surface area contributed by atoms with E-state index in [-0.39, 0.29) is 0 Å². The third kappa shape index (κ3) is 2.14. The molecule has 0 amide bonds. The molecule has 1 fully saturated rings. The second kappa shape index (κ2) is 5.21. The molecule has 0 unspecified atom stereocenters. The molecule has 16 heavy (non-hydrogen) atoms. The van der Waals surface area contributed by atoms with E-state index in [0.717, 1.165) is 38.5 Å². The van der Waals surface area contributed by atoms with Gasteiger partial charge in [0.1, 0.15) is 5.75 Å². The van der Waals surface area contributed by atoms with E-state index in [4.69, 9.17) is 9.47 Å². The Morgan fingerprint density at radius 2 is 2.06 bits per heavy atom. The lowest BCUT2D eigenvalue weighted by molar-refractivity contribution is 0.122. The van der Waals surface area contributed by atoms with Crippen LogP contribution in [0.2, 0.25) is 0 Å². The highest BCUT2D eigenvalue weighted by Crippen LogP contribution is 2.32. The van der Waals surface area contributed by atoms with Gasteiger partial charge in [-0.3, -0.25) is 0 Å². The fraction of sp³-hybridized carbons (Fsp3) is 0.538. The zero-order valence-corrected chi connectivity index (χ0v) is 10.0. The van der Waals surface area contributed by atoms with Crippen molar-refractivity contribution in [1.29, 1.82) is 0 Å². The average Bonchev–Trinajstić information content (AvgIpc) is 2.38. The molecular weight excluding hydrogens is 202 g/mol. The summed E-state index contributed by atoms with van der Waals surface area (Å²) >= 11 is 0. The normalized spacial score (nSPS) is 16.2. The van der Waals surface area contributed by atoms with Crippen molar-refractivity contribution in [3.05, 3.63) is 23.8 Å². The summed E-state index contributed by atoms with van der Waals surface area (Å²) in [6.07, 6.45) is 1.00. The molecule has 3 nitrogen and oxygen atoms in total. The predicted molar refractivity (Wildman–Crippen MR) is 65.4 cm³/mol. The van der Waals surface area contributed by atoms with Gasteiger partial charge in [-0.15, -0.1) is 0 Å². The molecule has 0 N–H and O–H groups in total. The minimum Gasteiger partial charge on any atom is -0.494 e. The van der Waals surface area contributed by atoms with Crippen molar-refractivity contribution >= 4 is 5.69 Å². The number of benzene rings is 1. The highest BCUT2D eigenvalue weighted by atomic mass is 16.5. The molecule has 1 heterocycles. The summed E-state index contributed by atoms with van der Waals surface area (Å²) < 4.78 is 10.9. The molecule has 1 saturated heterocycles. The van der Waals surface area contributed by atoms with Crippen molar-refractivity contribution in [3.63, 3.8) is 0 Å². The summed E-state index contributed by atoms with van der Waals surface area (Å²) in [5.74, 6) is 1.02. The highest BCUT2D eigenvalue weighted by Gasteiger charge is 2.16. The predicted octanol–water partition coefficient (Wildman–Crippen LogP) is 2.09. The van der Waals surface area contributed by atoms with E-state index in [0.29, 0.717) is 0 Å². The standard InChI is InChI=1S/C13H19NO2/c1-3-11-5-4-6-12(13(11)15-2)14-7-9-16-10-8-14/h4-6H,3,7-10H2,1-2H3. The molecule has 0 saturated carbocycles. The van der Waals surface area contributed by atoms with Gasteiger partial charge in [-0.2, -0.15) is 0 Å². The zero-order valence-electron chi connectivity index (χ0n) is 10.0. The first-order valence-electron chi connectivity index (χ1n) is 5.85.